The van der Waals surface area contributed by atoms with Gasteiger partial charge in [-0.1, -0.05) is 0 Å². The molecule has 20 heavy (non-hydrogen) atoms. The van der Waals surface area contributed by atoms with Crippen LogP contribution in [0.15, 0.2) is 0 Å². The highest BCUT2D eigenvalue weighted by molar-refractivity contribution is 5.83. The van der Waals surface area contributed by atoms with Crippen LogP contribution in [0.4, 0.5) is 4.79 Å². The lowest BCUT2D eigenvalue weighted by molar-refractivity contribution is -0.139. The van der Waals surface area contributed by atoms with Crippen molar-refractivity contribution in [1.29, 1.82) is 0 Å². The molecule has 2 aliphatic rings. The van der Waals surface area contributed by atoms with Crippen LogP contribution in [0, 0.1) is 11.8 Å². The number of likely N-dealkylation sites (tertiary alicyclic amines) is 1. The van der Waals surface area contributed by atoms with Crippen molar-refractivity contribution in [1.82, 2.24) is 15.1 Å². The topological polar surface area (TPSA) is 72.9 Å². The second kappa shape index (κ2) is 6.43. The molecule has 2 N–H and O–H groups in total. The molecule has 1 heterocycles. The maximum absolute atomic E-state index is 12.1. The maximum atomic E-state index is 12.1. The van der Waals surface area contributed by atoms with Crippen molar-refractivity contribution in [3.8, 4) is 0 Å². The van der Waals surface area contributed by atoms with Gasteiger partial charge in [0.05, 0.1) is 0 Å². The first kappa shape index (κ1) is 15.1. The fourth-order valence-corrected chi connectivity index (χ4v) is 2.87. The summed E-state index contributed by atoms with van der Waals surface area (Å²) in [4.78, 5) is 27.2. The smallest absolute Gasteiger partial charge is 0.326 e. The lowest BCUT2D eigenvalue weighted by atomic mass is 9.96. The molecule has 2 fully saturated rings. The molecule has 6 nitrogen and oxygen atoms in total. The molecule has 0 aromatic heterocycles. The number of carbonyl (C=O) groups is 2. The first-order valence-electron chi connectivity index (χ1n) is 7.40. The van der Waals surface area contributed by atoms with E-state index in [-0.39, 0.29) is 11.9 Å². The molecule has 114 valence electrons. The molecule has 1 unspecified atom stereocenters. The molecule has 6 heteroatoms. The number of amides is 2. The van der Waals surface area contributed by atoms with Crippen LogP contribution in [0.5, 0.6) is 0 Å². The van der Waals surface area contributed by atoms with Gasteiger partial charge in [-0.3, -0.25) is 0 Å². The van der Waals surface area contributed by atoms with Crippen molar-refractivity contribution < 1.29 is 14.7 Å². The van der Waals surface area contributed by atoms with Crippen molar-refractivity contribution in [3.63, 3.8) is 0 Å². The van der Waals surface area contributed by atoms with Crippen molar-refractivity contribution in [2.75, 3.05) is 33.7 Å². The zero-order chi connectivity index (χ0) is 14.7. The minimum absolute atomic E-state index is 0.128. The summed E-state index contributed by atoms with van der Waals surface area (Å²) in [5.41, 5.74) is 0. The number of piperidine rings is 1. The predicted octanol–water partition coefficient (Wildman–Crippen LogP) is 0.833. The minimum Gasteiger partial charge on any atom is -0.480 e. The lowest BCUT2D eigenvalue weighted by Crippen LogP contribution is -2.51. The summed E-state index contributed by atoms with van der Waals surface area (Å²) in [6.45, 7) is 2.50. The van der Waals surface area contributed by atoms with E-state index < -0.39 is 12.0 Å². The number of nitrogens with one attached hydrogen (secondary N) is 1. The first-order valence-corrected chi connectivity index (χ1v) is 7.40. The number of urea groups is 1. The van der Waals surface area contributed by atoms with Gasteiger partial charge in [-0.15, -0.1) is 0 Å². The number of carboxylic acids is 1. The van der Waals surface area contributed by atoms with E-state index in [0.717, 1.165) is 45.3 Å². The molecule has 2 rings (SSSR count). The highest BCUT2D eigenvalue weighted by Crippen LogP contribution is 2.33. The molecule has 1 saturated carbocycles. The molecule has 0 aromatic carbocycles. The van der Waals surface area contributed by atoms with E-state index in [9.17, 15) is 9.59 Å². The van der Waals surface area contributed by atoms with E-state index in [4.69, 9.17) is 5.11 Å². The Hall–Kier alpha value is -1.30. The van der Waals surface area contributed by atoms with E-state index >= 15 is 0 Å². The zero-order valence-electron chi connectivity index (χ0n) is 12.3. The molecule has 2 amide bonds. The van der Waals surface area contributed by atoms with E-state index in [0.29, 0.717) is 5.92 Å². The number of hydrogen-bond donors (Lipinski definition) is 2. The van der Waals surface area contributed by atoms with Crippen molar-refractivity contribution in [2.24, 2.45) is 11.8 Å². The van der Waals surface area contributed by atoms with Crippen LogP contribution < -0.4 is 5.32 Å². The predicted molar refractivity (Wildman–Crippen MR) is 75.5 cm³/mol. The zero-order valence-corrected chi connectivity index (χ0v) is 12.3. The fraction of sp³-hybridized carbons (Fsp3) is 0.857. The van der Waals surface area contributed by atoms with Gasteiger partial charge >= 0.3 is 12.0 Å². The molecule has 1 aliphatic carbocycles. The van der Waals surface area contributed by atoms with Gasteiger partial charge < -0.3 is 20.2 Å². The summed E-state index contributed by atoms with van der Waals surface area (Å²) in [7, 11) is 4.12. The molecular formula is C14H25N3O3. The Kier molecular flexibility index (Phi) is 4.86. The Morgan fingerprint density at radius 2 is 1.85 bits per heavy atom. The Morgan fingerprint density at radius 1 is 1.25 bits per heavy atom. The van der Waals surface area contributed by atoms with Gasteiger partial charge in [-0.05, 0) is 51.6 Å². The second-order valence-corrected chi connectivity index (χ2v) is 6.30. The minimum atomic E-state index is -0.914. The van der Waals surface area contributed by atoms with Crippen LogP contribution in [0.1, 0.15) is 25.7 Å². The summed E-state index contributed by atoms with van der Waals surface area (Å²) in [5, 5.41) is 11.8. The summed E-state index contributed by atoms with van der Waals surface area (Å²) >= 11 is 0. The van der Waals surface area contributed by atoms with Gasteiger partial charge in [-0.25, -0.2) is 9.59 Å². The molecule has 0 spiro atoms. The third kappa shape index (κ3) is 4.10. The summed E-state index contributed by atoms with van der Waals surface area (Å²) in [5.74, 6) is -0.154. The standard InChI is InChI=1S/C14H25N3O3/c1-16(2)9-10-5-7-17(8-6-10)14(20)15-12(13(18)19)11-3-4-11/h10-12H,3-9H2,1-2H3,(H,15,20)(H,18,19). The molecule has 0 aromatic rings. The van der Waals surface area contributed by atoms with Crippen LogP contribution in [0.2, 0.25) is 0 Å². The highest BCUT2D eigenvalue weighted by Gasteiger charge is 2.38. The molecule has 1 aliphatic heterocycles. The Morgan fingerprint density at radius 3 is 2.30 bits per heavy atom. The number of carbonyl (C=O) groups excluding carboxylic acids is 1. The van der Waals surface area contributed by atoms with Crippen molar-refractivity contribution >= 4 is 12.0 Å². The van der Waals surface area contributed by atoms with Crippen LogP contribution >= 0.6 is 0 Å². The van der Waals surface area contributed by atoms with E-state index in [2.05, 4.69) is 24.3 Å². The first-order chi connectivity index (χ1) is 9.47. The Bertz CT molecular complexity index is 361. The lowest BCUT2D eigenvalue weighted by Gasteiger charge is -2.33. The van der Waals surface area contributed by atoms with Gasteiger partial charge in [-0.2, -0.15) is 0 Å². The van der Waals surface area contributed by atoms with Gasteiger partial charge in [0.15, 0.2) is 0 Å². The van der Waals surface area contributed by atoms with Crippen LogP contribution in [0.3, 0.4) is 0 Å². The van der Waals surface area contributed by atoms with Gasteiger partial charge in [0.25, 0.3) is 0 Å². The second-order valence-electron chi connectivity index (χ2n) is 6.30. The van der Waals surface area contributed by atoms with Gasteiger partial charge in [0, 0.05) is 19.6 Å². The van der Waals surface area contributed by atoms with Gasteiger partial charge in [0.2, 0.25) is 0 Å². The fourth-order valence-electron chi connectivity index (χ4n) is 2.87. The number of aliphatic carboxylic acids is 1. The summed E-state index contributed by atoms with van der Waals surface area (Å²) in [6, 6.07) is -0.922. The van der Waals surface area contributed by atoms with Crippen LogP contribution in [-0.4, -0.2) is 66.7 Å². The number of nitrogens with zero attached hydrogens (tertiary/aromatic N) is 2. The average molecular weight is 283 g/mol. The molecule has 0 bridgehead atoms. The van der Waals surface area contributed by atoms with E-state index in [1.807, 2.05) is 0 Å². The molecule has 1 atom stereocenters. The van der Waals surface area contributed by atoms with Crippen LogP contribution in [-0.2, 0) is 4.79 Å². The number of hydrogen-bond acceptors (Lipinski definition) is 3. The monoisotopic (exact) mass is 283 g/mol. The van der Waals surface area contributed by atoms with E-state index in [1.165, 1.54) is 0 Å². The molecular weight excluding hydrogens is 258 g/mol. The average Bonchev–Trinajstić information content (AvgIpc) is 3.19. The third-order valence-corrected chi connectivity index (χ3v) is 4.16. The summed E-state index contributed by atoms with van der Waals surface area (Å²) in [6.07, 6.45) is 3.80. The molecule has 0 radical (unpaired) electrons. The number of carboxylic acid groups (broad SMARTS) is 1. The number of rotatable bonds is 5. The SMILES string of the molecule is CN(C)CC1CCN(C(=O)NC(C(=O)O)C2CC2)CC1. The molecule has 1 saturated heterocycles. The Balaban J connectivity index is 1.78. The largest absolute Gasteiger partial charge is 0.480 e. The highest BCUT2D eigenvalue weighted by atomic mass is 16.4. The third-order valence-electron chi connectivity index (χ3n) is 4.16. The maximum Gasteiger partial charge on any atom is 0.326 e. The van der Waals surface area contributed by atoms with Crippen molar-refractivity contribution in [2.45, 2.75) is 31.7 Å². The summed E-state index contributed by atoms with van der Waals surface area (Å²) < 4.78 is 0. The van der Waals surface area contributed by atoms with E-state index in [1.54, 1.807) is 4.90 Å². The quantitative estimate of drug-likeness (QED) is 0.784. The normalized spacial score (nSPS) is 21.9. The van der Waals surface area contributed by atoms with Gasteiger partial charge in [0.1, 0.15) is 6.04 Å². The van der Waals surface area contributed by atoms with Crippen LogP contribution in [0.25, 0.3) is 0 Å². The Labute approximate surface area is 120 Å². The van der Waals surface area contributed by atoms with Crippen molar-refractivity contribution in [3.05, 3.63) is 0 Å².